The molecule has 2 saturated carbocycles. The molecule has 22 heteroatoms. The molecule has 15 atom stereocenters. The number of carbonyl (C=O) groups excluding carboxylic acids is 10. The number of esters is 9. The van der Waals surface area contributed by atoms with Crippen LogP contribution in [-0.4, -0.2) is 143 Å². The first-order chi connectivity index (χ1) is 31.3. The van der Waals surface area contributed by atoms with Gasteiger partial charge in [0.05, 0.1) is 42.5 Å². The second-order valence-corrected chi connectivity index (χ2v) is 18.2. The first-order valence-electron chi connectivity index (χ1n) is 21.7. The van der Waals surface area contributed by atoms with Gasteiger partial charge in [-0.05, 0) is 32.4 Å². The average molecular weight is 946 g/mol. The molecule has 2 saturated heterocycles. The van der Waals surface area contributed by atoms with Crippen molar-refractivity contribution >= 4 is 59.5 Å². The number of aliphatic hydroxyl groups is 1. The minimum Gasteiger partial charge on any atom is -0.469 e. The smallest absolute Gasteiger partial charge is 0.340 e. The Labute approximate surface area is 384 Å². The molecule has 1 aromatic heterocycles. The van der Waals surface area contributed by atoms with Gasteiger partial charge in [-0.3, -0.25) is 48.1 Å². The second kappa shape index (κ2) is 18.6. The molecule has 366 valence electrons. The molecular weight excluding hydrogens is 890 g/mol. The van der Waals surface area contributed by atoms with E-state index in [4.69, 9.17) is 47.4 Å². The molecule has 1 aromatic rings. The topological polar surface area (TPSA) is 296 Å². The van der Waals surface area contributed by atoms with Gasteiger partial charge < -0.3 is 52.5 Å². The van der Waals surface area contributed by atoms with Crippen LogP contribution in [-0.2, 0) is 90.5 Å². The standard InChI is InChI=1S/C45H55NO21/c1-19-13-14-28(51)27(16-29(52)58-10)41(56)60-18-44-36(63-24(6)49)32(65-38(19)53)30-34(62-23(5)48)45(44)43(9,57)35(33(61-22(4)47)37(44)64-25(7)50)66-39(54)21(3)20(2)31-26(12-11-15-46-31)40(55)59-17-42(30,8)67-45/h11-12,15,19-21,27,30,32-37,57H,13-14,16-18H2,1-10H3/t19?,20?,21?,27?,30-,32-,33-,34+,35-,36+,37-,42-,43+,44+,45-/m0/s1. The van der Waals surface area contributed by atoms with E-state index in [1.54, 1.807) is 6.92 Å². The summed E-state index contributed by atoms with van der Waals surface area (Å²) in [6, 6.07) is 2.84. The van der Waals surface area contributed by atoms with Crippen molar-refractivity contribution in [1.29, 1.82) is 0 Å². The fourth-order valence-corrected chi connectivity index (χ4v) is 10.6. The number of pyridine rings is 1. The van der Waals surface area contributed by atoms with Crippen LogP contribution in [0, 0.1) is 29.1 Å². The van der Waals surface area contributed by atoms with E-state index in [9.17, 15) is 53.1 Å². The molecule has 4 unspecified atom stereocenters. The summed E-state index contributed by atoms with van der Waals surface area (Å²) in [5.41, 5.74) is -11.0. The number of rotatable bonds is 6. The van der Waals surface area contributed by atoms with E-state index in [1.165, 1.54) is 39.1 Å². The summed E-state index contributed by atoms with van der Waals surface area (Å²) in [7, 11) is 1.01. The third-order valence-corrected chi connectivity index (χ3v) is 13.8. The molecule has 3 aliphatic heterocycles. The number of hydrogen-bond acceptors (Lipinski definition) is 22. The first kappa shape index (κ1) is 50.4. The number of cyclic esters (lactones) is 2. The summed E-state index contributed by atoms with van der Waals surface area (Å²) in [5.74, 6) is -17.9. The van der Waals surface area contributed by atoms with Crippen LogP contribution in [0.2, 0.25) is 0 Å². The van der Waals surface area contributed by atoms with Crippen LogP contribution < -0.4 is 0 Å². The number of aromatic nitrogens is 1. The van der Waals surface area contributed by atoms with E-state index in [-0.39, 0.29) is 17.7 Å². The molecule has 67 heavy (non-hydrogen) atoms. The highest BCUT2D eigenvalue weighted by Crippen LogP contribution is 2.70. The molecule has 2 spiro atoms. The van der Waals surface area contributed by atoms with Gasteiger partial charge in [-0.25, -0.2) is 4.79 Å². The van der Waals surface area contributed by atoms with Crippen LogP contribution in [0.25, 0.3) is 0 Å². The van der Waals surface area contributed by atoms with Gasteiger partial charge in [-0.1, -0.05) is 20.8 Å². The molecule has 4 heterocycles. The predicted molar refractivity (Wildman–Crippen MR) is 217 cm³/mol. The SMILES string of the molecule is COC(=O)CC1C(=O)CCC(C)C(=O)O[C@H]2[C@H]3[C@@H](OC(C)=O)[C@@]45O[C@@]3(C)COC(=O)c3cccnc3C(C)C(C)C(=O)O[C@@H]([C@H](OC(C)=O)[C@H](OC(C)=O)[C@@]4(COC1=O)[C@@H]2OC(C)=O)[C@@]5(C)O. The lowest BCUT2D eigenvalue weighted by atomic mass is 9.45. The minimum absolute atomic E-state index is 0.0891. The lowest BCUT2D eigenvalue weighted by molar-refractivity contribution is -0.387. The van der Waals surface area contributed by atoms with Gasteiger partial charge in [0.25, 0.3) is 0 Å². The number of ketones is 1. The highest BCUT2D eigenvalue weighted by molar-refractivity contribution is 6.01. The van der Waals surface area contributed by atoms with Crippen molar-refractivity contribution in [3.8, 4) is 0 Å². The van der Waals surface area contributed by atoms with Gasteiger partial charge in [0.2, 0.25) is 0 Å². The number of carbonyl (C=O) groups is 10. The van der Waals surface area contributed by atoms with E-state index in [2.05, 4.69) is 4.98 Å². The van der Waals surface area contributed by atoms with E-state index in [0.29, 0.717) is 0 Å². The van der Waals surface area contributed by atoms with Gasteiger partial charge in [0, 0.05) is 46.2 Å². The third kappa shape index (κ3) is 8.50. The molecule has 0 radical (unpaired) electrons. The Kier molecular flexibility index (Phi) is 14.0. The zero-order chi connectivity index (χ0) is 49.7. The maximum atomic E-state index is 14.6. The molecule has 22 nitrogen and oxygen atoms in total. The van der Waals surface area contributed by atoms with Crippen LogP contribution in [0.5, 0.6) is 0 Å². The lowest BCUT2D eigenvalue weighted by Crippen LogP contribution is -2.89. The predicted octanol–water partition coefficient (Wildman–Crippen LogP) is 1.17. The highest BCUT2D eigenvalue weighted by atomic mass is 16.7. The largest absolute Gasteiger partial charge is 0.469 e. The Morgan fingerprint density at radius 2 is 1.39 bits per heavy atom. The maximum Gasteiger partial charge on any atom is 0.340 e. The maximum absolute atomic E-state index is 14.6. The van der Waals surface area contributed by atoms with Gasteiger partial charge in [0.15, 0.2) is 30.0 Å². The summed E-state index contributed by atoms with van der Waals surface area (Å²) < 4.78 is 60.5. The number of ether oxygens (including phenoxy) is 10. The van der Waals surface area contributed by atoms with E-state index in [0.717, 1.165) is 41.7 Å². The summed E-state index contributed by atoms with van der Waals surface area (Å²) in [5, 5.41) is 13.7. The molecule has 6 rings (SSSR count). The van der Waals surface area contributed by atoms with Gasteiger partial charge >= 0.3 is 53.7 Å². The Hall–Kier alpha value is -6.03. The van der Waals surface area contributed by atoms with E-state index >= 15 is 0 Å². The number of nitrogens with zero attached hydrogens (tertiary/aromatic N) is 1. The van der Waals surface area contributed by atoms with Crippen molar-refractivity contribution in [3.63, 3.8) is 0 Å². The van der Waals surface area contributed by atoms with Crippen LogP contribution in [0.3, 0.4) is 0 Å². The quantitative estimate of drug-likeness (QED) is 0.238. The summed E-state index contributed by atoms with van der Waals surface area (Å²) >= 11 is 0. The van der Waals surface area contributed by atoms with Crippen molar-refractivity contribution in [3.05, 3.63) is 29.6 Å². The molecule has 4 fully saturated rings. The third-order valence-electron chi connectivity index (χ3n) is 13.8. The number of hydrogen-bond donors (Lipinski definition) is 1. The summed E-state index contributed by atoms with van der Waals surface area (Å²) in [6.45, 7) is 8.31. The van der Waals surface area contributed by atoms with Crippen LogP contribution in [0.15, 0.2) is 18.3 Å². The van der Waals surface area contributed by atoms with Crippen LogP contribution in [0.1, 0.15) is 104 Å². The zero-order valence-electron chi connectivity index (χ0n) is 38.7. The fourth-order valence-electron chi connectivity index (χ4n) is 10.6. The van der Waals surface area contributed by atoms with Crippen molar-refractivity contribution in [2.24, 2.45) is 29.1 Å². The molecule has 5 aliphatic rings. The monoisotopic (exact) mass is 945 g/mol. The van der Waals surface area contributed by atoms with Crippen molar-refractivity contribution < 1.29 is 100 Å². The Morgan fingerprint density at radius 3 is 2.00 bits per heavy atom. The first-order valence-corrected chi connectivity index (χ1v) is 21.7. The zero-order valence-corrected chi connectivity index (χ0v) is 38.7. The number of methoxy groups -OCH3 is 1. The van der Waals surface area contributed by atoms with Crippen LogP contribution >= 0.6 is 0 Å². The van der Waals surface area contributed by atoms with Gasteiger partial charge in [0.1, 0.15) is 53.7 Å². The molecule has 0 amide bonds. The summed E-state index contributed by atoms with van der Waals surface area (Å²) in [4.78, 5) is 143. The average Bonchev–Trinajstić information content (AvgIpc) is 3.47. The molecular formula is C45H55NO21. The van der Waals surface area contributed by atoms with Crippen molar-refractivity contribution in [2.75, 3.05) is 20.3 Å². The Bertz CT molecular complexity index is 2240. The van der Waals surface area contributed by atoms with E-state index < -0.39 is 174 Å². The van der Waals surface area contributed by atoms with Gasteiger partial charge in [-0.15, -0.1) is 0 Å². The van der Waals surface area contributed by atoms with Crippen molar-refractivity contribution in [2.45, 2.75) is 141 Å². The Balaban J connectivity index is 1.81. The second-order valence-electron chi connectivity index (χ2n) is 18.2. The molecule has 0 aromatic carbocycles. The van der Waals surface area contributed by atoms with Gasteiger partial charge in [-0.2, -0.15) is 0 Å². The Morgan fingerprint density at radius 1 is 0.776 bits per heavy atom. The lowest BCUT2D eigenvalue weighted by Gasteiger charge is -2.67. The highest BCUT2D eigenvalue weighted by Gasteiger charge is 2.92. The fraction of sp³-hybridized carbons (Fsp3) is 0.667. The normalized spacial score (nSPS) is 38.6. The van der Waals surface area contributed by atoms with Crippen LogP contribution in [0.4, 0.5) is 0 Å². The number of fused-ring (bicyclic) bond motifs is 7. The van der Waals surface area contributed by atoms with Crippen molar-refractivity contribution in [1.82, 2.24) is 4.98 Å². The number of Topliss-reactive ketones (excluding diaryl/α,β-unsaturated/α-hetero) is 1. The molecule has 6 bridgehead atoms. The minimum atomic E-state index is -2.98. The molecule has 2 aliphatic carbocycles. The van der Waals surface area contributed by atoms with E-state index in [1.807, 2.05) is 0 Å². The molecule has 1 N–H and O–H groups in total. The summed E-state index contributed by atoms with van der Waals surface area (Å²) in [6.07, 6.45) is -13.2.